The van der Waals surface area contributed by atoms with Gasteiger partial charge in [0.15, 0.2) is 5.71 Å². The first kappa shape index (κ1) is 67.2. The number of benzene rings is 2. The third kappa shape index (κ3) is 22.5. The molecule has 0 radical (unpaired) electrons. The Balaban J connectivity index is 1.53. The van der Waals surface area contributed by atoms with E-state index in [1.807, 2.05) is 56.4 Å². The minimum Gasteiger partial charge on any atom is -0.744 e. The lowest BCUT2D eigenvalue weighted by Crippen LogP contribution is -2.33. The summed E-state index contributed by atoms with van der Waals surface area (Å²) in [7, 11) is -4.73. The van der Waals surface area contributed by atoms with Crippen molar-refractivity contribution in [2.75, 3.05) is 165 Å². The monoisotopic (exact) mass is 1150 g/mol. The molecule has 0 saturated carbocycles. The first-order valence-electron chi connectivity index (χ1n) is 26.7. The number of aliphatic carboxylic acids is 1. The Morgan fingerprint density at radius 1 is 0.557 bits per heavy atom. The molecule has 0 aromatic heterocycles. The standard InChI is InChI=1S/C56H84N2O19S2/c1-55(21-25-70-32-34-74-40-42-76-38-36-72-30-28-68-4)48-44-46(78(61,62)63)17-19-50(48)57(23-13-9-12-16-54(59)60)52(55)14-10-7-6-8-11-15-53-56(2,22-26-71-33-35-75-41-43-77-39-37-73-31-29-69-5)49-45-47(79(64,65)66)18-20-51(49)58(53)24-27-67-3/h6-8,10-11,14-15,17-20,44-45H,9,12-13,16,21-43H2,1-5H3,(H2-,59,60,61,62,63,64,65,66)/p-1. The van der Waals surface area contributed by atoms with Crippen LogP contribution in [0.5, 0.6) is 0 Å². The summed E-state index contributed by atoms with van der Waals surface area (Å²) in [4.78, 5) is 12.7. The van der Waals surface area contributed by atoms with Crippen molar-refractivity contribution in [2.45, 2.75) is 73.0 Å². The highest BCUT2D eigenvalue weighted by Gasteiger charge is 2.48. The third-order valence-electron chi connectivity index (χ3n) is 13.3. The summed E-state index contributed by atoms with van der Waals surface area (Å²) in [6.45, 7) is 12.6. The zero-order valence-electron chi connectivity index (χ0n) is 46.6. The van der Waals surface area contributed by atoms with Gasteiger partial charge in [-0.25, -0.2) is 16.8 Å². The summed E-state index contributed by atoms with van der Waals surface area (Å²) in [6, 6.07) is 8.85. The lowest BCUT2D eigenvalue weighted by Gasteiger charge is -2.30. The molecule has 2 aliphatic heterocycles. The number of unbranched alkanes of at least 4 members (excludes halogenated alkanes) is 2. The normalized spacial score (nSPS) is 18.2. The number of carbonyl (C=O) groups is 1. The van der Waals surface area contributed by atoms with Crippen LogP contribution in [0.15, 0.2) is 94.4 Å². The molecule has 0 saturated heterocycles. The van der Waals surface area contributed by atoms with Crippen LogP contribution in [-0.2, 0) is 88.0 Å². The quantitative estimate of drug-likeness (QED) is 0.0362. The molecule has 23 heteroatoms. The molecule has 0 fully saturated rings. The second-order valence-corrected chi connectivity index (χ2v) is 21.6. The van der Waals surface area contributed by atoms with Crippen LogP contribution in [-0.4, -0.2) is 207 Å². The highest BCUT2D eigenvalue weighted by atomic mass is 32.2. The summed E-state index contributed by atoms with van der Waals surface area (Å²) in [5.41, 5.74) is 2.90. The zero-order chi connectivity index (χ0) is 57.4. The number of anilines is 1. The number of carboxylic acid groups (broad SMARTS) is 1. The molecule has 0 amide bonds. The fraction of sp³-hybridized carbons (Fsp3) is 0.607. The number of fused-ring (bicyclic) bond motifs is 2. The van der Waals surface area contributed by atoms with Gasteiger partial charge in [0.05, 0.1) is 128 Å². The van der Waals surface area contributed by atoms with Crippen LogP contribution >= 0.6 is 0 Å². The fourth-order valence-electron chi connectivity index (χ4n) is 9.13. The van der Waals surface area contributed by atoms with Crippen LogP contribution in [0.3, 0.4) is 0 Å². The largest absolute Gasteiger partial charge is 0.744 e. The Morgan fingerprint density at radius 3 is 1.49 bits per heavy atom. The number of methoxy groups -OCH3 is 3. The molecule has 2 aromatic carbocycles. The molecule has 2 aliphatic rings. The van der Waals surface area contributed by atoms with Crippen molar-refractivity contribution < 1.29 is 92.5 Å². The van der Waals surface area contributed by atoms with Gasteiger partial charge in [-0.05, 0) is 81.5 Å². The highest BCUT2D eigenvalue weighted by Crippen LogP contribution is 2.51. The Bertz CT molecular complexity index is 2530. The first-order valence-corrected chi connectivity index (χ1v) is 29.5. The van der Waals surface area contributed by atoms with Crippen molar-refractivity contribution in [2.24, 2.45) is 0 Å². The number of hydrogen-bond acceptors (Lipinski definition) is 19. The van der Waals surface area contributed by atoms with E-state index in [-0.39, 0.29) is 22.8 Å². The summed E-state index contributed by atoms with van der Waals surface area (Å²) in [6.07, 6.45) is 15.9. The van der Waals surface area contributed by atoms with Gasteiger partial charge >= 0.3 is 5.97 Å². The van der Waals surface area contributed by atoms with Crippen LogP contribution in [0, 0.1) is 0 Å². The van der Waals surface area contributed by atoms with Gasteiger partial charge < -0.3 is 71.2 Å². The number of carboxylic acids is 1. The minimum absolute atomic E-state index is 0.0444. The minimum atomic E-state index is -4.79. The predicted molar refractivity (Wildman–Crippen MR) is 294 cm³/mol. The molecule has 2 heterocycles. The topological polar surface area (TPSA) is 259 Å². The van der Waals surface area contributed by atoms with E-state index in [2.05, 4.69) is 9.48 Å². The number of rotatable bonds is 45. The average molecular weight is 1150 g/mol. The maximum absolute atomic E-state index is 12.4. The van der Waals surface area contributed by atoms with E-state index in [9.17, 15) is 35.8 Å². The van der Waals surface area contributed by atoms with Crippen molar-refractivity contribution in [3.8, 4) is 0 Å². The van der Waals surface area contributed by atoms with Gasteiger partial charge in [-0.2, -0.15) is 4.58 Å². The summed E-state index contributed by atoms with van der Waals surface area (Å²) in [5.74, 6) is -0.869. The molecule has 79 heavy (non-hydrogen) atoms. The zero-order valence-corrected chi connectivity index (χ0v) is 48.2. The predicted octanol–water partition coefficient (Wildman–Crippen LogP) is 5.68. The van der Waals surface area contributed by atoms with Crippen LogP contribution in [0.25, 0.3) is 0 Å². The van der Waals surface area contributed by atoms with Gasteiger partial charge in [-0.1, -0.05) is 30.4 Å². The molecular weight excluding hydrogens is 1070 g/mol. The highest BCUT2D eigenvalue weighted by molar-refractivity contribution is 7.86. The van der Waals surface area contributed by atoms with Gasteiger partial charge in [0.2, 0.25) is 5.69 Å². The van der Waals surface area contributed by atoms with Crippen LogP contribution in [0.4, 0.5) is 11.4 Å². The number of ether oxygens (including phenoxy) is 11. The molecule has 2 atom stereocenters. The van der Waals surface area contributed by atoms with Gasteiger partial charge in [0.25, 0.3) is 0 Å². The van der Waals surface area contributed by atoms with Crippen molar-refractivity contribution in [3.05, 3.63) is 95.8 Å². The van der Waals surface area contributed by atoms with E-state index in [0.717, 1.165) is 22.8 Å². The molecule has 444 valence electrons. The van der Waals surface area contributed by atoms with Gasteiger partial charge in [-0.15, -0.1) is 0 Å². The lowest BCUT2D eigenvalue weighted by atomic mass is 9.76. The molecule has 2 unspecified atom stereocenters. The lowest BCUT2D eigenvalue weighted by molar-refractivity contribution is -0.438. The molecule has 0 spiro atoms. The van der Waals surface area contributed by atoms with Gasteiger partial charge in [0.1, 0.15) is 26.8 Å². The molecule has 4 rings (SSSR count). The van der Waals surface area contributed by atoms with Gasteiger partial charge in [0, 0.05) is 88.4 Å². The van der Waals surface area contributed by atoms with Crippen molar-refractivity contribution in [1.29, 1.82) is 0 Å². The Labute approximate surface area is 467 Å². The average Bonchev–Trinajstić information content (AvgIpc) is 3.62. The second-order valence-electron chi connectivity index (χ2n) is 18.9. The maximum Gasteiger partial charge on any atom is 0.303 e. The molecule has 0 bridgehead atoms. The molecular formula is C56H83N2O19S2-. The Kier molecular flexibility index (Phi) is 30.8. The van der Waals surface area contributed by atoms with E-state index < -0.39 is 37.0 Å². The molecule has 21 nitrogen and oxygen atoms in total. The van der Waals surface area contributed by atoms with Crippen molar-refractivity contribution in [1.82, 2.24) is 0 Å². The molecule has 1 N–H and O–H groups in total. The fourth-order valence-corrected chi connectivity index (χ4v) is 10.1. The summed E-state index contributed by atoms with van der Waals surface area (Å²) in [5, 5.41) is 9.25. The molecule has 2 aromatic rings. The molecule has 0 aliphatic carbocycles. The van der Waals surface area contributed by atoms with Crippen molar-refractivity contribution >= 4 is 43.3 Å². The summed E-state index contributed by atoms with van der Waals surface area (Å²) >= 11 is 0. The van der Waals surface area contributed by atoms with Crippen LogP contribution in [0.2, 0.25) is 0 Å². The number of allylic oxidation sites excluding steroid dienone is 8. The van der Waals surface area contributed by atoms with E-state index in [1.54, 1.807) is 33.5 Å². The first-order chi connectivity index (χ1) is 38.0. The SMILES string of the molecule is COCCOCCOCCOCCOCCC1(C)C(/C=C/C=C/C=C/C=C2/N(CCOC)c3ccc(S(=O)(=O)[O-])cc3C2(C)CCOCCOCCOCCOCCOC)=[N+](CCCCCC(=O)O)c2ccc(S(=O)(=O)[O-])cc21. The summed E-state index contributed by atoms with van der Waals surface area (Å²) < 4.78 is 137. The number of nitrogens with zero attached hydrogens (tertiary/aromatic N) is 2. The van der Waals surface area contributed by atoms with Gasteiger partial charge in [-0.3, -0.25) is 4.79 Å². The van der Waals surface area contributed by atoms with Crippen molar-refractivity contribution in [3.63, 3.8) is 0 Å². The smallest absolute Gasteiger partial charge is 0.303 e. The van der Waals surface area contributed by atoms with E-state index in [4.69, 9.17) is 52.1 Å². The van der Waals surface area contributed by atoms with E-state index >= 15 is 0 Å². The van der Waals surface area contributed by atoms with E-state index in [0.29, 0.717) is 175 Å². The second kappa shape index (κ2) is 36.2. The third-order valence-corrected chi connectivity index (χ3v) is 15.0. The van der Waals surface area contributed by atoms with E-state index in [1.165, 1.54) is 24.3 Å². The van der Waals surface area contributed by atoms with Crippen LogP contribution in [0.1, 0.15) is 63.5 Å². The van der Waals surface area contributed by atoms with Crippen LogP contribution < -0.4 is 4.90 Å². The Morgan fingerprint density at radius 2 is 1.00 bits per heavy atom. The Hall–Kier alpha value is -4.28. The number of hydrogen-bond donors (Lipinski definition) is 1. The maximum atomic E-state index is 12.4.